The highest BCUT2D eigenvalue weighted by atomic mass is 127. The van der Waals surface area contributed by atoms with E-state index in [1.54, 1.807) is 0 Å². The van der Waals surface area contributed by atoms with Crippen molar-refractivity contribution >= 4 is 45.2 Å². The molecule has 8 heavy (non-hydrogen) atoms. The Morgan fingerprint density at radius 3 is 2.62 bits per heavy atom. The highest BCUT2D eigenvalue weighted by Crippen LogP contribution is 2.11. The fourth-order valence-corrected chi connectivity index (χ4v) is 3.03. The number of alkyl halides is 2. The molecule has 0 aromatic carbocycles. The molecule has 0 heterocycles. The van der Waals surface area contributed by atoms with Gasteiger partial charge in [-0.2, -0.15) is 0 Å². The minimum Gasteiger partial charge on any atom is -0.103 e. The standard InChI is InChI=1S/C6H10I2/c1-2-3-6(8)4-5-7/h2,6H,1,3-5H2. The Bertz CT molecular complexity index is 61.5. The second-order valence-electron chi connectivity index (χ2n) is 1.60. The van der Waals surface area contributed by atoms with Crippen LogP contribution >= 0.6 is 45.2 Å². The summed E-state index contributed by atoms with van der Waals surface area (Å²) in [6, 6.07) is 0. The van der Waals surface area contributed by atoms with Crippen molar-refractivity contribution in [3.05, 3.63) is 12.7 Å². The van der Waals surface area contributed by atoms with Gasteiger partial charge in [-0.3, -0.25) is 0 Å². The van der Waals surface area contributed by atoms with Gasteiger partial charge in [-0.25, -0.2) is 0 Å². The molecule has 1 unspecified atom stereocenters. The van der Waals surface area contributed by atoms with Crippen LogP contribution in [0.1, 0.15) is 12.8 Å². The van der Waals surface area contributed by atoms with Gasteiger partial charge in [-0.15, -0.1) is 6.58 Å². The molecule has 0 aliphatic rings. The lowest BCUT2D eigenvalue weighted by molar-refractivity contribution is 0.885. The first-order chi connectivity index (χ1) is 3.81. The first kappa shape index (κ1) is 9.20. The van der Waals surface area contributed by atoms with Crippen molar-refractivity contribution in [1.82, 2.24) is 0 Å². The molecule has 2 heteroatoms. The molecule has 0 saturated carbocycles. The largest absolute Gasteiger partial charge is 0.103 e. The maximum absolute atomic E-state index is 3.68. The molecular formula is C6H10I2. The Labute approximate surface area is 78.4 Å². The Morgan fingerprint density at radius 2 is 2.25 bits per heavy atom. The van der Waals surface area contributed by atoms with E-state index in [0.29, 0.717) is 0 Å². The number of halogens is 2. The van der Waals surface area contributed by atoms with Crippen molar-refractivity contribution in [2.75, 3.05) is 4.43 Å². The molecule has 0 amide bonds. The molecule has 0 bridgehead atoms. The van der Waals surface area contributed by atoms with Gasteiger partial charge in [0.15, 0.2) is 0 Å². The molecule has 0 spiro atoms. The van der Waals surface area contributed by atoms with Crippen LogP contribution in [-0.2, 0) is 0 Å². The summed E-state index contributed by atoms with van der Waals surface area (Å²) < 4.78 is 2.07. The summed E-state index contributed by atoms with van der Waals surface area (Å²) in [5.74, 6) is 0. The SMILES string of the molecule is C=CCC(I)CCI. The van der Waals surface area contributed by atoms with Crippen LogP contribution in [0.25, 0.3) is 0 Å². The van der Waals surface area contributed by atoms with E-state index in [-0.39, 0.29) is 0 Å². The first-order valence-corrected chi connectivity index (χ1v) is 5.39. The summed E-state index contributed by atoms with van der Waals surface area (Å²) >= 11 is 4.87. The molecular weight excluding hydrogens is 326 g/mol. The molecule has 1 atom stereocenters. The van der Waals surface area contributed by atoms with Crippen molar-refractivity contribution in [1.29, 1.82) is 0 Å². The summed E-state index contributed by atoms with van der Waals surface area (Å²) in [4.78, 5) is 0. The third-order valence-corrected chi connectivity index (χ3v) is 2.60. The Kier molecular flexibility index (Phi) is 7.27. The third kappa shape index (κ3) is 5.34. The van der Waals surface area contributed by atoms with E-state index in [1.165, 1.54) is 10.8 Å². The average Bonchev–Trinajstić information content (AvgIpc) is 1.68. The molecule has 48 valence electrons. The molecule has 0 nitrogen and oxygen atoms in total. The van der Waals surface area contributed by atoms with Crippen LogP contribution in [-0.4, -0.2) is 8.35 Å². The van der Waals surface area contributed by atoms with E-state index in [9.17, 15) is 0 Å². The molecule has 0 aromatic rings. The Balaban J connectivity index is 3.03. The predicted molar refractivity (Wildman–Crippen MR) is 56.1 cm³/mol. The Hall–Kier alpha value is 1.20. The predicted octanol–water partition coefficient (Wildman–Crippen LogP) is 3.19. The molecule has 0 aromatic heterocycles. The van der Waals surface area contributed by atoms with E-state index < -0.39 is 0 Å². The van der Waals surface area contributed by atoms with Gasteiger partial charge in [0.2, 0.25) is 0 Å². The third-order valence-electron chi connectivity index (χ3n) is 0.845. The molecule has 0 saturated heterocycles. The zero-order valence-electron chi connectivity index (χ0n) is 4.74. The van der Waals surface area contributed by atoms with E-state index in [1.807, 2.05) is 6.08 Å². The fraction of sp³-hybridized carbons (Fsp3) is 0.667. The number of hydrogen-bond donors (Lipinski definition) is 0. The topological polar surface area (TPSA) is 0 Å². The maximum atomic E-state index is 3.68. The lowest BCUT2D eigenvalue weighted by Gasteiger charge is -2.00. The molecule has 0 rings (SSSR count). The smallest absolute Gasteiger partial charge is 0.0151 e. The van der Waals surface area contributed by atoms with Gasteiger partial charge >= 0.3 is 0 Å². The maximum Gasteiger partial charge on any atom is 0.0151 e. The van der Waals surface area contributed by atoms with Crippen molar-refractivity contribution in [2.24, 2.45) is 0 Å². The lowest BCUT2D eigenvalue weighted by Crippen LogP contribution is -1.94. The van der Waals surface area contributed by atoms with Gasteiger partial charge in [0, 0.05) is 8.35 Å². The summed E-state index contributed by atoms with van der Waals surface area (Å²) in [7, 11) is 0. The van der Waals surface area contributed by atoms with Crippen molar-refractivity contribution in [3.63, 3.8) is 0 Å². The second kappa shape index (κ2) is 6.32. The average molecular weight is 336 g/mol. The van der Waals surface area contributed by atoms with E-state index >= 15 is 0 Å². The molecule has 0 fully saturated rings. The quantitative estimate of drug-likeness (QED) is 0.420. The Morgan fingerprint density at radius 1 is 1.62 bits per heavy atom. The zero-order chi connectivity index (χ0) is 6.41. The minimum absolute atomic E-state index is 0.807. The number of allylic oxidation sites excluding steroid dienone is 1. The van der Waals surface area contributed by atoms with Crippen LogP contribution in [0.4, 0.5) is 0 Å². The fourth-order valence-electron chi connectivity index (χ4n) is 0.417. The number of hydrogen-bond acceptors (Lipinski definition) is 0. The molecule has 0 aliphatic heterocycles. The lowest BCUT2D eigenvalue weighted by atomic mass is 10.2. The second-order valence-corrected chi connectivity index (χ2v) is 4.44. The van der Waals surface area contributed by atoms with Gasteiger partial charge < -0.3 is 0 Å². The van der Waals surface area contributed by atoms with Crippen LogP contribution < -0.4 is 0 Å². The van der Waals surface area contributed by atoms with Crippen LogP contribution in [0.3, 0.4) is 0 Å². The first-order valence-electron chi connectivity index (χ1n) is 2.62. The van der Waals surface area contributed by atoms with Crippen LogP contribution in [0.2, 0.25) is 0 Å². The van der Waals surface area contributed by atoms with E-state index in [2.05, 4.69) is 51.8 Å². The zero-order valence-corrected chi connectivity index (χ0v) is 9.05. The minimum atomic E-state index is 0.807. The van der Waals surface area contributed by atoms with Crippen molar-refractivity contribution in [2.45, 2.75) is 16.8 Å². The van der Waals surface area contributed by atoms with Gasteiger partial charge in [-0.05, 0) is 12.8 Å². The van der Waals surface area contributed by atoms with Crippen molar-refractivity contribution in [3.8, 4) is 0 Å². The van der Waals surface area contributed by atoms with Crippen LogP contribution in [0.15, 0.2) is 12.7 Å². The van der Waals surface area contributed by atoms with Crippen LogP contribution in [0.5, 0.6) is 0 Å². The summed E-state index contributed by atoms with van der Waals surface area (Å²) in [5.41, 5.74) is 0. The summed E-state index contributed by atoms with van der Waals surface area (Å²) in [6.45, 7) is 3.68. The van der Waals surface area contributed by atoms with Gasteiger partial charge in [-0.1, -0.05) is 51.3 Å². The monoisotopic (exact) mass is 336 g/mol. The highest BCUT2D eigenvalue weighted by molar-refractivity contribution is 14.1. The summed E-state index contributed by atoms with van der Waals surface area (Å²) in [6.07, 6.45) is 4.46. The summed E-state index contributed by atoms with van der Waals surface area (Å²) in [5, 5.41) is 0. The molecule has 0 radical (unpaired) electrons. The van der Waals surface area contributed by atoms with Crippen molar-refractivity contribution < 1.29 is 0 Å². The van der Waals surface area contributed by atoms with Crippen LogP contribution in [0, 0.1) is 0 Å². The molecule has 0 N–H and O–H groups in total. The van der Waals surface area contributed by atoms with Gasteiger partial charge in [0.1, 0.15) is 0 Å². The van der Waals surface area contributed by atoms with Gasteiger partial charge in [0.25, 0.3) is 0 Å². The number of rotatable bonds is 4. The highest BCUT2D eigenvalue weighted by Gasteiger charge is 1.97. The normalized spacial score (nSPS) is 13.2. The molecule has 0 aliphatic carbocycles. The van der Waals surface area contributed by atoms with Gasteiger partial charge in [0.05, 0.1) is 0 Å². The van der Waals surface area contributed by atoms with E-state index in [0.717, 1.165) is 10.3 Å². The van der Waals surface area contributed by atoms with E-state index in [4.69, 9.17) is 0 Å².